The first-order valence-electron chi connectivity index (χ1n) is 5.65. The van der Waals surface area contributed by atoms with Gasteiger partial charge in [0.15, 0.2) is 0 Å². The predicted octanol–water partition coefficient (Wildman–Crippen LogP) is 1.37. The Labute approximate surface area is 100 Å². The van der Waals surface area contributed by atoms with E-state index in [-0.39, 0.29) is 31.0 Å². The van der Waals surface area contributed by atoms with Gasteiger partial charge >= 0.3 is 5.97 Å². The lowest BCUT2D eigenvalue weighted by molar-refractivity contribution is -0.147. The van der Waals surface area contributed by atoms with Gasteiger partial charge in [0.25, 0.3) is 0 Å². The number of ether oxygens (including phenoxy) is 2. The molecular weight excluding hydrogens is 220 g/mol. The fraction of sp³-hybridized carbons (Fsp3) is 0.462. The highest BCUT2D eigenvalue weighted by molar-refractivity contribution is 5.75. The summed E-state index contributed by atoms with van der Waals surface area (Å²) in [4.78, 5) is 11.5. The number of aliphatic hydroxyl groups is 1. The van der Waals surface area contributed by atoms with E-state index in [4.69, 9.17) is 14.6 Å². The molecular formula is C13H16O4. The number of benzene rings is 1. The van der Waals surface area contributed by atoms with Gasteiger partial charge < -0.3 is 14.6 Å². The number of rotatable bonds is 5. The van der Waals surface area contributed by atoms with Gasteiger partial charge in [-0.3, -0.25) is 4.79 Å². The van der Waals surface area contributed by atoms with Crippen molar-refractivity contribution in [3.63, 3.8) is 0 Å². The van der Waals surface area contributed by atoms with E-state index in [2.05, 4.69) is 0 Å². The number of carbonyl (C=O) groups is 1. The first-order chi connectivity index (χ1) is 8.24. The number of esters is 1. The van der Waals surface area contributed by atoms with Crippen molar-refractivity contribution in [3.8, 4) is 5.75 Å². The molecule has 1 fully saturated rings. The second-order valence-electron chi connectivity index (χ2n) is 4.24. The van der Waals surface area contributed by atoms with Gasteiger partial charge in [0, 0.05) is 6.61 Å². The topological polar surface area (TPSA) is 55.8 Å². The molecule has 1 aliphatic rings. The summed E-state index contributed by atoms with van der Waals surface area (Å²) in [6.45, 7) is 0.347. The van der Waals surface area contributed by atoms with E-state index in [1.165, 1.54) is 0 Å². The Bertz CT molecular complexity index is 385. The van der Waals surface area contributed by atoms with Gasteiger partial charge in [-0.15, -0.1) is 0 Å². The van der Waals surface area contributed by atoms with E-state index in [1.54, 1.807) is 7.11 Å². The van der Waals surface area contributed by atoms with Gasteiger partial charge in [0.2, 0.25) is 0 Å². The molecule has 4 nitrogen and oxygen atoms in total. The van der Waals surface area contributed by atoms with Gasteiger partial charge in [-0.1, -0.05) is 12.1 Å². The fourth-order valence-corrected chi connectivity index (χ4v) is 1.72. The molecule has 0 amide bonds. The van der Waals surface area contributed by atoms with Crippen LogP contribution < -0.4 is 4.74 Å². The van der Waals surface area contributed by atoms with Crippen molar-refractivity contribution in [2.75, 3.05) is 13.7 Å². The molecule has 1 aliphatic carbocycles. The molecule has 0 spiro atoms. The third kappa shape index (κ3) is 2.97. The van der Waals surface area contributed by atoms with Crippen LogP contribution in [-0.4, -0.2) is 24.8 Å². The molecule has 1 N–H and O–H groups in total. The van der Waals surface area contributed by atoms with E-state index in [0.717, 1.165) is 17.7 Å². The summed E-state index contributed by atoms with van der Waals surface area (Å²) >= 11 is 0. The highest BCUT2D eigenvalue weighted by atomic mass is 16.5. The number of carbonyl (C=O) groups excluding carboxylic acids is 1. The Kier molecular flexibility index (Phi) is 3.64. The molecule has 1 saturated carbocycles. The molecule has 0 aliphatic heterocycles. The van der Waals surface area contributed by atoms with Gasteiger partial charge in [-0.2, -0.15) is 0 Å². The van der Waals surface area contributed by atoms with Gasteiger partial charge in [0.05, 0.1) is 13.0 Å². The lowest BCUT2D eigenvalue weighted by Gasteiger charge is -2.05. The van der Waals surface area contributed by atoms with E-state index in [1.807, 2.05) is 24.3 Å². The summed E-state index contributed by atoms with van der Waals surface area (Å²) in [5.41, 5.74) is 0.931. The molecule has 0 bridgehead atoms. The maximum absolute atomic E-state index is 11.5. The zero-order valence-corrected chi connectivity index (χ0v) is 9.76. The van der Waals surface area contributed by atoms with Crippen molar-refractivity contribution in [1.82, 2.24) is 0 Å². The van der Waals surface area contributed by atoms with Crippen LogP contribution in [0.25, 0.3) is 0 Å². The maximum Gasteiger partial charge on any atom is 0.309 e. The molecule has 2 unspecified atom stereocenters. The van der Waals surface area contributed by atoms with Crippen molar-refractivity contribution in [2.45, 2.75) is 13.0 Å². The Hall–Kier alpha value is -1.55. The Morgan fingerprint density at radius 2 is 2.12 bits per heavy atom. The van der Waals surface area contributed by atoms with E-state index >= 15 is 0 Å². The standard InChI is InChI=1S/C13H16O4/c1-16-11-4-2-9(3-5-11)8-17-13(15)12-6-10(12)7-14/h2-5,10,12,14H,6-8H2,1H3. The van der Waals surface area contributed by atoms with E-state index in [0.29, 0.717) is 0 Å². The van der Waals surface area contributed by atoms with Gasteiger partial charge in [-0.25, -0.2) is 0 Å². The van der Waals surface area contributed by atoms with E-state index in [9.17, 15) is 4.79 Å². The molecule has 4 heteroatoms. The first kappa shape index (κ1) is 11.9. The van der Waals surface area contributed by atoms with Crippen molar-refractivity contribution in [2.24, 2.45) is 11.8 Å². The number of aliphatic hydroxyl groups excluding tert-OH is 1. The second-order valence-corrected chi connectivity index (χ2v) is 4.24. The Morgan fingerprint density at radius 1 is 1.41 bits per heavy atom. The van der Waals surface area contributed by atoms with Crippen LogP contribution in [-0.2, 0) is 16.1 Å². The normalized spacial score (nSPS) is 22.0. The summed E-state index contributed by atoms with van der Waals surface area (Å²) in [7, 11) is 1.61. The molecule has 0 heterocycles. The molecule has 1 aromatic carbocycles. The highest BCUT2D eigenvalue weighted by Crippen LogP contribution is 2.38. The third-order valence-corrected chi connectivity index (χ3v) is 3.00. The van der Waals surface area contributed by atoms with Gasteiger partial charge in [-0.05, 0) is 30.0 Å². The number of hydrogen-bond acceptors (Lipinski definition) is 4. The molecule has 2 rings (SSSR count). The van der Waals surface area contributed by atoms with Crippen molar-refractivity contribution in [3.05, 3.63) is 29.8 Å². The average molecular weight is 236 g/mol. The minimum Gasteiger partial charge on any atom is -0.497 e. The summed E-state index contributed by atoms with van der Waals surface area (Å²) in [6.07, 6.45) is 0.748. The largest absolute Gasteiger partial charge is 0.497 e. The summed E-state index contributed by atoms with van der Waals surface area (Å²) in [5, 5.41) is 8.85. The number of hydrogen-bond donors (Lipinski definition) is 1. The first-order valence-corrected chi connectivity index (χ1v) is 5.65. The lowest BCUT2D eigenvalue weighted by Crippen LogP contribution is -2.09. The van der Waals surface area contributed by atoms with E-state index < -0.39 is 0 Å². The van der Waals surface area contributed by atoms with Crippen LogP contribution in [0.3, 0.4) is 0 Å². The lowest BCUT2D eigenvalue weighted by atomic mass is 10.2. The second kappa shape index (κ2) is 5.19. The molecule has 17 heavy (non-hydrogen) atoms. The van der Waals surface area contributed by atoms with Crippen LogP contribution in [0.5, 0.6) is 5.75 Å². The summed E-state index contributed by atoms with van der Waals surface area (Å²) in [5.74, 6) is 0.582. The highest BCUT2D eigenvalue weighted by Gasteiger charge is 2.43. The van der Waals surface area contributed by atoms with Crippen LogP contribution in [0.1, 0.15) is 12.0 Å². The molecule has 2 atom stereocenters. The monoisotopic (exact) mass is 236 g/mol. The van der Waals surface area contributed by atoms with Crippen molar-refractivity contribution in [1.29, 1.82) is 0 Å². The quantitative estimate of drug-likeness (QED) is 0.784. The number of methoxy groups -OCH3 is 1. The molecule has 0 saturated heterocycles. The smallest absolute Gasteiger partial charge is 0.309 e. The molecule has 92 valence electrons. The molecule has 0 aromatic heterocycles. The van der Waals surface area contributed by atoms with Crippen LogP contribution in [0, 0.1) is 11.8 Å². The van der Waals surface area contributed by atoms with Gasteiger partial charge in [0.1, 0.15) is 12.4 Å². The average Bonchev–Trinajstić information content (AvgIpc) is 3.16. The SMILES string of the molecule is COc1ccc(COC(=O)C2CC2CO)cc1. The maximum atomic E-state index is 11.5. The molecule has 0 radical (unpaired) electrons. The zero-order valence-electron chi connectivity index (χ0n) is 9.76. The molecule has 1 aromatic rings. The minimum atomic E-state index is -0.208. The van der Waals surface area contributed by atoms with Crippen LogP contribution in [0.4, 0.5) is 0 Å². The van der Waals surface area contributed by atoms with Crippen LogP contribution in [0.2, 0.25) is 0 Å². The third-order valence-electron chi connectivity index (χ3n) is 3.00. The summed E-state index contributed by atoms with van der Waals surface area (Å²) < 4.78 is 10.2. The fourth-order valence-electron chi connectivity index (χ4n) is 1.72. The van der Waals surface area contributed by atoms with Crippen molar-refractivity contribution >= 4 is 5.97 Å². The Balaban J connectivity index is 1.79. The van der Waals surface area contributed by atoms with Crippen LogP contribution in [0.15, 0.2) is 24.3 Å². The minimum absolute atomic E-state index is 0.0717. The Morgan fingerprint density at radius 3 is 2.65 bits per heavy atom. The summed E-state index contributed by atoms with van der Waals surface area (Å²) in [6, 6.07) is 7.39. The zero-order chi connectivity index (χ0) is 12.3. The predicted molar refractivity (Wildman–Crippen MR) is 61.5 cm³/mol. The van der Waals surface area contributed by atoms with Crippen LogP contribution >= 0.6 is 0 Å². The van der Waals surface area contributed by atoms with Crippen molar-refractivity contribution < 1.29 is 19.4 Å².